The molecule has 6 rings (SSSR count). The van der Waals surface area contributed by atoms with Gasteiger partial charge in [-0.3, -0.25) is 0 Å². The minimum absolute atomic E-state index is 0.0274. The molecule has 4 nitrogen and oxygen atoms in total. The number of ether oxygens (including phenoxy) is 2. The topological polar surface area (TPSA) is 52.6 Å². The molecule has 4 heteroatoms. The van der Waals surface area contributed by atoms with Crippen LogP contribution in [0.4, 0.5) is 0 Å². The van der Waals surface area contributed by atoms with Gasteiger partial charge >= 0.3 is 11.9 Å². The van der Waals surface area contributed by atoms with E-state index in [1.54, 1.807) is 0 Å². The van der Waals surface area contributed by atoms with E-state index in [0.717, 1.165) is 73.7 Å². The molecular formula is C30H38O4. The number of esters is 2. The first kappa shape index (κ1) is 22.4. The van der Waals surface area contributed by atoms with Crippen LogP contribution < -0.4 is 0 Å². The third kappa shape index (κ3) is 2.55. The van der Waals surface area contributed by atoms with Crippen molar-refractivity contribution in [3.05, 3.63) is 46.6 Å². The van der Waals surface area contributed by atoms with E-state index in [1.807, 2.05) is 13.8 Å². The summed E-state index contributed by atoms with van der Waals surface area (Å²) in [5, 5.41) is 0. The van der Waals surface area contributed by atoms with Crippen LogP contribution >= 0.6 is 0 Å². The predicted octanol–water partition coefficient (Wildman–Crippen LogP) is 6.52. The van der Waals surface area contributed by atoms with E-state index < -0.39 is 11.2 Å². The van der Waals surface area contributed by atoms with Crippen LogP contribution in [0.3, 0.4) is 0 Å². The monoisotopic (exact) mass is 462 g/mol. The van der Waals surface area contributed by atoms with Crippen molar-refractivity contribution in [1.29, 1.82) is 0 Å². The molecule has 0 aromatic rings. The van der Waals surface area contributed by atoms with Crippen molar-refractivity contribution in [2.24, 2.45) is 22.7 Å². The van der Waals surface area contributed by atoms with Crippen molar-refractivity contribution < 1.29 is 19.1 Å². The lowest BCUT2D eigenvalue weighted by Gasteiger charge is -2.61. The van der Waals surface area contributed by atoms with Gasteiger partial charge in [-0.2, -0.15) is 0 Å². The Hall–Kier alpha value is -2.10. The summed E-state index contributed by atoms with van der Waals surface area (Å²) in [4.78, 5) is 26.5. The quantitative estimate of drug-likeness (QED) is 0.329. The van der Waals surface area contributed by atoms with Crippen molar-refractivity contribution in [2.45, 2.75) is 103 Å². The maximum absolute atomic E-state index is 13.3. The Kier molecular flexibility index (Phi) is 4.45. The number of rotatable bonds is 1. The second-order valence-electron chi connectivity index (χ2n) is 12.8. The van der Waals surface area contributed by atoms with Crippen LogP contribution in [-0.2, 0) is 19.1 Å². The third-order valence-corrected chi connectivity index (χ3v) is 11.0. The number of carbonyl (C=O) groups is 2. The molecule has 0 saturated heterocycles. The highest BCUT2D eigenvalue weighted by Gasteiger charge is 2.74. The van der Waals surface area contributed by atoms with E-state index in [9.17, 15) is 9.59 Å². The van der Waals surface area contributed by atoms with Crippen LogP contribution in [0.5, 0.6) is 0 Å². The van der Waals surface area contributed by atoms with Crippen LogP contribution in [0.2, 0.25) is 0 Å². The number of carbonyl (C=O) groups excluding carboxylic acids is 2. The van der Waals surface area contributed by atoms with Crippen molar-refractivity contribution in [3.63, 3.8) is 0 Å². The molecule has 0 radical (unpaired) electrons. The molecular weight excluding hydrogens is 424 g/mol. The van der Waals surface area contributed by atoms with Crippen molar-refractivity contribution in [1.82, 2.24) is 0 Å². The molecule has 2 heterocycles. The molecule has 0 N–H and O–H groups in total. The van der Waals surface area contributed by atoms with Gasteiger partial charge in [-0.1, -0.05) is 38.2 Å². The number of allylic oxidation sites excluding steroid dienone is 2. The average Bonchev–Trinajstić information content (AvgIpc) is 3.16. The van der Waals surface area contributed by atoms with Crippen LogP contribution in [0.15, 0.2) is 46.6 Å². The Balaban J connectivity index is 1.57. The molecule has 0 bridgehead atoms. The predicted molar refractivity (Wildman–Crippen MR) is 131 cm³/mol. The highest BCUT2D eigenvalue weighted by atomic mass is 16.6. The summed E-state index contributed by atoms with van der Waals surface area (Å²) in [5.74, 6) is 0.213. The lowest BCUT2D eigenvalue weighted by Crippen LogP contribution is -2.66. The minimum atomic E-state index is -0.910. The molecule has 4 saturated carbocycles. The fourth-order valence-electron chi connectivity index (χ4n) is 9.18. The van der Waals surface area contributed by atoms with E-state index in [2.05, 4.69) is 27.0 Å². The Bertz CT molecular complexity index is 1030. The molecule has 0 aromatic carbocycles. The van der Waals surface area contributed by atoms with Gasteiger partial charge in [0, 0.05) is 24.0 Å². The first-order valence-corrected chi connectivity index (χ1v) is 13.2. The molecule has 6 aliphatic rings. The Labute approximate surface area is 203 Å². The number of hydrogen-bond donors (Lipinski definition) is 0. The fraction of sp³-hybridized carbons (Fsp3) is 0.667. The fourth-order valence-corrected chi connectivity index (χ4v) is 9.18. The van der Waals surface area contributed by atoms with E-state index in [-0.39, 0.29) is 22.8 Å². The lowest BCUT2D eigenvalue weighted by molar-refractivity contribution is -0.209. The largest absolute Gasteiger partial charge is 0.446 e. The molecule has 0 aromatic heterocycles. The molecule has 182 valence electrons. The zero-order valence-electron chi connectivity index (χ0n) is 21.3. The summed E-state index contributed by atoms with van der Waals surface area (Å²) < 4.78 is 13.1. The highest BCUT2D eigenvalue weighted by Crippen LogP contribution is 2.70. The average molecular weight is 463 g/mol. The van der Waals surface area contributed by atoms with Gasteiger partial charge in [0.05, 0.1) is 0 Å². The third-order valence-electron chi connectivity index (χ3n) is 11.0. The molecule has 4 fully saturated rings. The molecule has 6 atom stereocenters. The second kappa shape index (κ2) is 6.77. The lowest BCUT2D eigenvalue weighted by atomic mass is 9.46. The zero-order chi connectivity index (χ0) is 24.3. The van der Waals surface area contributed by atoms with Crippen LogP contribution in [0, 0.1) is 22.7 Å². The zero-order valence-corrected chi connectivity index (χ0v) is 21.3. The van der Waals surface area contributed by atoms with Gasteiger partial charge in [0.1, 0.15) is 0 Å². The molecule has 0 amide bonds. The molecule has 2 aliphatic heterocycles. The molecule has 0 unspecified atom stereocenters. The number of hydrogen-bond acceptors (Lipinski definition) is 4. The summed E-state index contributed by atoms with van der Waals surface area (Å²) in [6.45, 7) is 17.4. The molecule has 4 aliphatic carbocycles. The summed E-state index contributed by atoms with van der Waals surface area (Å²) >= 11 is 0. The van der Waals surface area contributed by atoms with Crippen LogP contribution in [-0.4, -0.2) is 23.1 Å². The van der Waals surface area contributed by atoms with Gasteiger partial charge in [0.25, 0.3) is 0 Å². The standard InChI is InChI=1S/C30H38O4/c1-17-9-7-11-27(5)15-29(23(13-21(17)27)19(3)25(31)33-29)30-16-28(6)12-8-10-18(2)22(28)14-24(30)20(4)26(32)34-30/h21-22H,1-2,7-16H2,3-6H3/t21-,22+,27+,28-,29-,30-/m0/s1. The van der Waals surface area contributed by atoms with Gasteiger partial charge in [-0.05, 0) is 99.0 Å². The van der Waals surface area contributed by atoms with Crippen molar-refractivity contribution in [2.75, 3.05) is 0 Å². The normalized spacial score (nSPS) is 46.0. The first-order valence-electron chi connectivity index (χ1n) is 13.2. The van der Waals surface area contributed by atoms with Crippen molar-refractivity contribution in [3.8, 4) is 0 Å². The summed E-state index contributed by atoms with van der Waals surface area (Å²) in [7, 11) is 0. The first-order chi connectivity index (χ1) is 16.0. The van der Waals surface area contributed by atoms with Gasteiger partial charge in [-0.15, -0.1) is 0 Å². The Morgan fingerprint density at radius 1 is 0.735 bits per heavy atom. The maximum Gasteiger partial charge on any atom is 0.334 e. The molecule has 0 spiro atoms. The van der Waals surface area contributed by atoms with Gasteiger partial charge in [-0.25, -0.2) is 9.59 Å². The number of fused-ring (bicyclic) bond motifs is 5. The summed E-state index contributed by atoms with van der Waals surface area (Å²) in [6.07, 6.45) is 9.48. The second-order valence-corrected chi connectivity index (χ2v) is 12.8. The Morgan fingerprint density at radius 2 is 1.12 bits per heavy atom. The van der Waals surface area contributed by atoms with Gasteiger partial charge < -0.3 is 9.47 Å². The summed E-state index contributed by atoms with van der Waals surface area (Å²) in [6, 6.07) is 0. The van der Waals surface area contributed by atoms with Crippen molar-refractivity contribution >= 4 is 11.9 Å². The SMILES string of the molecule is C=C1CCC[C@@]2(C)C[C@]3([C@]45C[C@@]6(C)CCCC(=C)[C@@H]6CC4=C(C)C(=O)O5)OC(=O)C(C)=C3C[C@H]12. The smallest absolute Gasteiger partial charge is 0.334 e. The highest BCUT2D eigenvalue weighted by molar-refractivity contribution is 5.96. The van der Waals surface area contributed by atoms with E-state index in [4.69, 9.17) is 9.47 Å². The van der Waals surface area contributed by atoms with Crippen LogP contribution in [0.1, 0.15) is 91.9 Å². The van der Waals surface area contributed by atoms with Gasteiger partial charge in [0.15, 0.2) is 11.2 Å². The van der Waals surface area contributed by atoms with E-state index in [0.29, 0.717) is 24.7 Å². The van der Waals surface area contributed by atoms with E-state index >= 15 is 0 Å². The van der Waals surface area contributed by atoms with Gasteiger partial charge in [0.2, 0.25) is 0 Å². The maximum atomic E-state index is 13.3. The molecule has 34 heavy (non-hydrogen) atoms. The van der Waals surface area contributed by atoms with Crippen LogP contribution in [0.25, 0.3) is 0 Å². The minimum Gasteiger partial charge on any atom is -0.446 e. The van der Waals surface area contributed by atoms with E-state index in [1.165, 1.54) is 11.1 Å². The summed E-state index contributed by atoms with van der Waals surface area (Å²) in [5.41, 5.74) is 4.30. The Morgan fingerprint density at radius 3 is 1.50 bits per heavy atom.